The van der Waals surface area contributed by atoms with Crippen LogP contribution in [0.15, 0.2) is 24.3 Å². The van der Waals surface area contributed by atoms with E-state index in [4.69, 9.17) is 0 Å². The molecule has 0 amide bonds. The molecular weight excluding hydrogens is 232 g/mol. The first-order chi connectivity index (χ1) is 9.19. The van der Waals surface area contributed by atoms with Crippen molar-refractivity contribution in [3.63, 3.8) is 0 Å². The highest BCUT2D eigenvalue weighted by Crippen LogP contribution is 2.19. The number of piperidine rings is 1. The molecule has 1 aromatic rings. The molecule has 0 bridgehead atoms. The molecule has 1 N–H and O–H groups in total. The summed E-state index contributed by atoms with van der Waals surface area (Å²) < 4.78 is 0. The molecule has 0 saturated carbocycles. The van der Waals surface area contributed by atoms with Crippen LogP contribution < -0.4 is 5.32 Å². The monoisotopic (exact) mass is 260 g/mol. The molecule has 0 radical (unpaired) electrons. The van der Waals surface area contributed by atoms with Crippen LogP contribution in [0.2, 0.25) is 0 Å². The second kappa shape index (κ2) is 7.06. The van der Waals surface area contributed by atoms with Crippen LogP contribution in [-0.2, 0) is 6.54 Å². The summed E-state index contributed by atoms with van der Waals surface area (Å²) in [5, 5.41) is 3.71. The summed E-state index contributed by atoms with van der Waals surface area (Å²) >= 11 is 0. The fraction of sp³-hybridized carbons (Fsp3) is 0.647. The van der Waals surface area contributed by atoms with Crippen LogP contribution in [0.25, 0.3) is 0 Å². The van der Waals surface area contributed by atoms with Crippen LogP contribution >= 0.6 is 0 Å². The third kappa shape index (κ3) is 4.32. The summed E-state index contributed by atoms with van der Waals surface area (Å²) in [6.45, 7) is 11.5. The van der Waals surface area contributed by atoms with E-state index in [0.717, 1.165) is 12.5 Å². The van der Waals surface area contributed by atoms with Gasteiger partial charge in [0, 0.05) is 19.1 Å². The Bertz CT molecular complexity index is 389. The Morgan fingerprint density at radius 3 is 3.00 bits per heavy atom. The van der Waals surface area contributed by atoms with Crippen molar-refractivity contribution in [2.75, 3.05) is 19.6 Å². The molecular formula is C17H28N2. The maximum absolute atomic E-state index is 3.71. The SMILES string of the molecule is CCN1CCCC(C(C)NCc2cccc(C)c2)C1. The molecule has 0 aromatic heterocycles. The highest BCUT2D eigenvalue weighted by Gasteiger charge is 2.23. The van der Waals surface area contributed by atoms with Crippen LogP contribution in [0.5, 0.6) is 0 Å². The van der Waals surface area contributed by atoms with Crippen molar-refractivity contribution in [3.05, 3.63) is 35.4 Å². The minimum atomic E-state index is 0.606. The van der Waals surface area contributed by atoms with Crippen LogP contribution in [0.4, 0.5) is 0 Å². The summed E-state index contributed by atoms with van der Waals surface area (Å²) in [6, 6.07) is 9.41. The van der Waals surface area contributed by atoms with Crippen molar-refractivity contribution in [2.24, 2.45) is 5.92 Å². The van der Waals surface area contributed by atoms with Gasteiger partial charge in [-0.25, -0.2) is 0 Å². The van der Waals surface area contributed by atoms with Gasteiger partial charge in [-0.2, -0.15) is 0 Å². The molecule has 19 heavy (non-hydrogen) atoms. The molecule has 2 atom stereocenters. The van der Waals surface area contributed by atoms with Crippen molar-refractivity contribution in [1.29, 1.82) is 0 Å². The van der Waals surface area contributed by atoms with Gasteiger partial charge in [-0.1, -0.05) is 36.8 Å². The van der Waals surface area contributed by atoms with Gasteiger partial charge in [-0.3, -0.25) is 0 Å². The van der Waals surface area contributed by atoms with Gasteiger partial charge in [0.15, 0.2) is 0 Å². The molecule has 2 unspecified atom stereocenters. The fourth-order valence-electron chi connectivity index (χ4n) is 3.05. The smallest absolute Gasteiger partial charge is 0.0208 e. The summed E-state index contributed by atoms with van der Waals surface area (Å²) in [6.07, 6.45) is 2.73. The zero-order valence-electron chi connectivity index (χ0n) is 12.7. The standard InChI is InChI=1S/C17H28N2/c1-4-19-10-6-9-17(13-19)15(3)18-12-16-8-5-7-14(2)11-16/h5,7-8,11,15,17-18H,4,6,9-10,12-13H2,1-3H3. The van der Waals surface area contributed by atoms with E-state index in [1.165, 1.54) is 43.6 Å². The van der Waals surface area contributed by atoms with E-state index in [0.29, 0.717) is 6.04 Å². The van der Waals surface area contributed by atoms with Gasteiger partial charge in [-0.15, -0.1) is 0 Å². The molecule has 1 aliphatic rings. The van der Waals surface area contributed by atoms with E-state index < -0.39 is 0 Å². The lowest BCUT2D eigenvalue weighted by atomic mass is 9.91. The quantitative estimate of drug-likeness (QED) is 0.874. The molecule has 1 heterocycles. The highest BCUT2D eigenvalue weighted by atomic mass is 15.1. The van der Waals surface area contributed by atoms with Crippen molar-refractivity contribution in [2.45, 2.75) is 46.2 Å². The number of nitrogens with one attached hydrogen (secondary N) is 1. The van der Waals surface area contributed by atoms with Gasteiger partial charge in [0.2, 0.25) is 0 Å². The predicted octanol–water partition coefficient (Wildman–Crippen LogP) is 3.21. The molecule has 0 aliphatic carbocycles. The Labute approximate surface area is 118 Å². The number of nitrogens with zero attached hydrogens (tertiary/aromatic N) is 1. The molecule has 2 nitrogen and oxygen atoms in total. The van der Waals surface area contributed by atoms with Gasteiger partial charge in [-0.05, 0) is 51.3 Å². The summed E-state index contributed by atoms with van der Waals surface area (Å²) in [4.78, 5) is 2.58. The average Bonchev–Trinajstić information content (AvgIpc) is 2.45. The Kier molecular flexibility index (Phi) is 5.41. The molecule has 2 heteroatoms. The second-order valence-electron chi connectivity index (χ2n) is 5.95. The van der Waals surface area contributed by atoms with Crippen LogP contribution in [0, 0.1) is 12.8 Å². The van der Waals surface area contributed by atoms with Gasteiger partial charge in [0.05, 0.1) is 0 Å². The second-order valence-corrected chi connectivity index (χ2v) is 5.95. The molecule has 0 spiro atoms. The average molecular weight is 260 g/mol. The van der Waals surface area contributed by atoms with Gasteiger partial charge >= 0.3 is 0 Å². The fourth-order valence-corrected chi connectivity index (χ4v) is 3.05. The molecule has 1 fully saturated rings. The lowest BCUT2D eigenvalue weighted by molar-refractivity contribution is 0.157. The zero-order valence-corrected chi connectivity index (χ0v) is 12.7. The molecule has 1 saturated heterocycles. The largest absolute Gasteiger partial charge is 0.310 e. The lowest BCUT2D eigenvalue weighted by Gasteiger charge is -2.35. The van der Waals surface area contributed by atoms with Crippen molar-refractivity contribution in [1.82, 2.24) is 10.2 Å². The van der Waals surface area contributed by atoms with E-state index in [1.54, 1.807) is 0 Å². The Balaban J connectivity index is 1.82. The van der Waals surface area contributed by atoms with Crippen molar-refractivity contribution >= 4 is 0 Å². The minimum absolute atomic E-state index is 0.606. The van der Waals surface area contributed by atoms with Crippen LogP contribution in [0.1, 0.15) is 37.8 Å². The zero-order chi connectivity index (χ0) is 13.7. The first-order valence-corrected chi connectivity index (χ1v) is 7.70. The summed E-state index contributed by atoms with van der Waals surface area (Å²) in [7, 11) is 0. The van der Waals surface area contributed by atoms with Gasteiger partial charge < -0.3 is 10.2 Å². The van der Waals surface area contributed by atoms with Crippen LogP contribution in [0.3, 0.4) is 0 Å². The van der Waals surface area contributed by atoms with Crippen molar-refractivity contribution < 1.29 is 0 Å². The maximum atomic E-state index is 3.71. The van der Waals surface area contributed by atoms with Crippen LogP contribution in [-0.4, -0.2) is 30.6 Å². The summed E-state index contributed by atoms with van der Waals surface area (Å²) in [5.41, 5.74) is 2.75. The highest BCUT2D eigenvalue weighted by molar-refractivity contribution is 5.22. The van der Waals surface area contributed by atoms with Crippen molar-refractivity contribution in [3.8, 4) is 0 Å². The predicted molar refractivity (Wildman–Crippen MR) is 82.3 cm³/mol. The number of rotatable bonds is 5. The first kappa shape index (κ1) is 14.5. The minimum Gasteiger partial charge on any atom is -0.310 e. The number of hydrogen-bond acceptors (Lipinski definition) is 2. The maximum Gasteiger partial charge on any atom is 0.0208 e. The van der Waals surface area contributed by atoms with E-state index in [2.05, 4.69) is 55.3 Å². The first-order valence-electron chi connectivity index (χ1n) is 7.70. The Hall–Kier alpha value is -0.860. The van der Waals surface area contributed by atoms with Gasteiger partial charge in [0.25, 0.3) is 0 Å². The van der Waals surface area contributed by atoms with Gasteiger partial charge in [0.1, 0.15) is 0 Å². The molecule has 1 aromatic carbocycles. The Morgan fingerprint density at radius 1 is 1.42 bits per heavy atom. The topological polar surface area (TPSA) is 15.3 Å². The number of hydrogen-bond donors (Lipinski definition) is 1. The van der Waals surface area contributed by atoms with E-state index in [1.807, 2.05) is 0 Å². The normalized spacial score (nSPS) is 22.4. The third-order valence-corrected chi connectivity index (χ3v) is 4.41. The summed E-state index contributed by atoms with van der Waals surface area (Å²) in [5.74, 6) is 0.804. The third-order valence-electron chi connectivity index (χ3n) is 4.41. The number of aryl methyl sites for hydroxylation is 1. The molecule has 2 rings (SSSR count). The molecule has 1 aliphatic heterocycles. The molecule has 106 valence electrons. The van der Waals surface area contributed by atoms with E-state index >= 15 is 0 Å². The van der Waals surface area contributed by atoms with E-state index in [-0.39, 0.29) is 0 Å². The number of likely N-dealkylation sites (tertiary alicyclic amines) is 1. The Morgan fingerprint density at radius 2 is 2.26 bits per heavy atom. The lowest BCUT2D eigenvalue weighted by Crippen LogP contribution is -2.44. The van der Waals surface area contributed by atoms with E-state index in [9.17, 15) is 0 Å². The number of benzene rings is 1.